The maximum Gasteiger partial charge on any atom is 0.293 e. The molecule has 0 saturated heterocycles. The van der Waals surface area contributed by atoms with Gasteiger partial charge in [0, 0.05) is 5.56 Å². The van der Waals surface area contributed by atoms with E-state index in [4.69, 9.17) is 44.9 Å². The number of methoxy groups -OCH3 is 1. The van der Waals surface area contributed by atoms with Gasteiger partial charge in [0.15, 0.2) is 11.5 Å². The molecule has 0 bridgehead atoms. The van der Waals surface area contributed by atoms with Crippen LogP contribution in [0.1, 0.15) is 11.1 Å². The quantitative estimate of drug-likeness (QED) is 0.464. The number of hydrogen-bond donors (Lipinski definition) is 1. The van der Waals surface area contributed by atoms with Crippen LogP contribution >= 0.6 is 35.4 Å². The highest BCUT2D eigenvalue weighted by molar-refractivity contribution is 7.71. The van der Waals surface area contributed by atoms with E-state index in [1.165, 1.54) is 13.3 Å². The highest BCUT2D eigenvalue weighted by atomic mass is 35.5. The number of para-hydroxylation sites is 1. The molecule has 0 saturated carbocycles. The van der Waals surface area contributed by atoms with Gasteiger partial charge < -0.3 is 9.47 Å². The average molecular weight is 437 g/mol. The summed E-state index contributed by atoms with van der Waals surface area (Å²) in [5.74, 6) is 0.966. The zero-order valence-electron chi connectivity index (χ0n) is 14.6. The lowest BCUT2D eigenvalue weighted by Gasteiger charge is -2.13. The molecule has 1 N–H and O–H groups in total. The predicted molar refractivity (Wildman–Crippen MR) is 110 cm³/mol. The van der Waals surface area contributed by atoms with E-state index in [-0.39, 0.29) is 11.4 Å². The molecule has 0 spiro atoms. The Balaban J connectivity index is 1.92. The van der Waals surface area contributed by atoms with Gasteiger partial charge >= 0.3 is 0 Å². The first-order valence-corrected chi connectivity index (χ1v) is 9.11. The van der Waals surface area contributed by atoms with Crippen LogP contribution < -0.4 is 15.0 Å². The summed E-state index contributed by atoms with van der Waals surface area (Å²) in [6.45, 7) is 0.230. The number of nitrogens with one attached hydrogen (secondary N) is 1. The summed E-state index contributed by atoms with van der Waals surface area (Å²) in [5, 5.41) is 11.2. The van der Waals surface area contributed by atoms with Crippen LogP contribution in [0.3, 0.4) is 0 Å². The molecule has 0 radical (unpaired) electrons. The van der Waals surface area contributed by atoms with Gasteiger partial charge in [0.2, 0.25) is 4.77 Å². The SMILES string of the molecule is COc1cccc(/C=N/n2c(=O)cn[nH]c2=S)c1OCc1ccc(Cl)c(Cl)c1. The van der Waals surface area contributed by atoms with E-state index in [0.29, 0.717) is 27.1 Å². The Morgan fingerprint density at radius 3 is 2.82 bits per heavy atom. The Kier molecular flexibility index (Phi) is 6.45. The molecule has 2 aromatic carbocycles. The van der Waals surface area contributed by atoms with Crippen LogP contribution in [-0.2, 0) is 6.61 Å². The second kappa shape index (κ2) is 9.01. The van der Waals surface area contributed by atoms with Crippen molar-refractivity contribution in [2.24, 2.45) is 5.10 Å². The first-order chi connectivity index (χ1) is 13.5. The molecule has 0 atom stereocenters. The van der Waals surface area contributed by atoms with E-state index in [2.05, 4.69) is 15.3 Å². The van der Waals surface area contributed by atoms with Crippen LogP contribution in [0.2, 0.25) is 10.0 Å². The second-order valence-electron chi connectivity index (χ2n) is 5.49. The van der Waals surface area contributed by atoms with Crippen LogP contribution in [0.15, 0.2) is 52.5 Å². The highest BCUT2D eigenvalue weighted by Crippen LogP contribution is 2.31. The molecule has 0 aliphatic carbocycles. The normalized spacial score (nSPS) is 11.0. The highest BCUT2D eigenvalue weighted by Gasteiger charge is 2.11. The monoisotopic (exact) mass is 436 g/mol. The molecular weight excluding hydrogens is 423 g/mol. The average Bonchev–Trinajstić information content (AvgIpc) is 2.68. The maximum atomic E-state index is 11.9. The lowest BCUT2D eigenvalue weighted by Crippen LogP contribution is -2.18. The van der Waals surface area contributed by atoms with E-state index in [0.717, 1.165) is 16.4 Å². The van der Waals surface area contributed by atoms with E-state index < -0.39 is 5.56 Å². The summed E-state index contributed by atoms with van der Waals surface area (Å²) < 4.78 is 12.4. The first kappa shape index (κ1) is 20.1. The fourth-order valence-corrected chi connectivity index (χ4v) is 2.82. The largest absolute Gasteiger partial charge is 0.493 e. The molecule has 10 heteroatoms. The van der Waals surface area contributed by atoms with Crippen LogP contribution in [0.5, 0.6) is 11.5 Å². The fraction of sp³-hybridized carbons (Fsp3) is 0.111. The van der Waals surface area contributed by atoms with E-state index in [1.807, 2.05) is 6.07 Å². The number of hydrogen-bond acceptors (Lipinski definition) is 6. The third-order valence-electron chi connectivity index (χ3n) is 3.65. The van der Waals surface area contributed by atoms with Crippen LogP contribution in [-0.4, -0.2) is 28.2 Å². The third kappa shape index (κ3) is 4.59. The molecule has 0 unspecified atom stereocenters. The minimum atomic E-state index is -0.457. The van der Waals surface area contributed by atoms with Gasteiger partial charge in [0.05, 0.1) is 23.4 Å². The number of nitrogens with zero attached hydrogens (tertiary/aromatic N) is 3. The van der Waals surface area contributed by atoms with E-state index in [9.17, 15) is 4.79 Å². The third-order valence-corrected chi connectivity index (χ3v) is 4.65. The number of ether oxygens (including phenoxy) is 2. The van der Waals surface area contributed by atoms with Crippen molar-refractivity contribution in [2.45, 2.75) is 6.61 Å². The van der Waals surface area contributed by atoms with Crippen molar-refractivity contribution in [2.75, 3.05) is 7.11 Å². The number of aromatic amines is 1. The molecule has 0 aliphatic heterocycles. The van der Waals surface area contributed by atoms with E-state index >= 15 is 0 Å². The Labute approximate surface area is 175 Å². The van der Waals surface area contributed by atoms with Crippen molar-refractivity contribution in [3.8, 4) is 11.5 Å². The van der Waals surface area contributed by atoms with Gasteiger partial charge in [-0.1, -0.05) is 35.3 Å². The summed E-state index contributed by atoms with van der Waals surface area (Å²) in [7, 11) is 1.53. The number of rotatable bonds is 6. The minimum absolute atomic E-state index is 0.0740. The number of benzene rings is 2. The zero-order chi connectivity index (χ0) is 20.1. The molecule has 0 fully saturated rings. The molecule has 28 heavy (non-hydrogen) atoms. The Bertz CT molecular complexity index is 1120. The van der Waals surface area contributed by atoms with Gasteiger partial charge in [-0.2, -0.15) is 14.9 Å². The smallest absolute Gasteiger partial charge is 0.293 e. The van der Waals surface area contributed by atoms with Crippen molar-refractivity contribution < 1.29 is 9.47 Å². The number of H-pyrrole nitrogens is 1. The summed E-state index contributed by atoms with van der Waals surface area (Å²) in [4.78, 5) is 11.9. The maximum absolute atomic E-state index is 11.9. The summed E-state index contributed by atoms with van der Waals surface area (Å²) in [5.41, 5.74) is 0.967. The van der Waals surface area contributed by atoms with Crippen molar-refractivity contribution in [3.63, 3.8) is 0 Å². The van der Waals surface area contributed by atoms with Crippen molar-refractivity contribution in [1.82, 2.24) is 14.9 Å². The molecule has 3 rings (SSSR count). The lowest BCUT2D eigenvalue weighted by molar-refractivity contribution is 0.284. The molecule has 3 aromatic rings. The van der Waals surface area contributed by atoms with Gasteiger partial charge in [-0.15, -0.1) is 0 Å². The lowest BCUT2D eigenvalue weighted by atomic mass is 10.2. The molecule has 0 amide bonds. The molecule has 1 heterocycles. The van der Waals surface area contributed by atoms with Gasteiger partial charge in [-0.25, -0.2) is 0 Å². The van der Waals surface area contributed by atoms with Crippen molar-refractivity contribution >= 4 is 41.6 Å². The van der Waals surface area contributed by atoms with E-state index in [1.54, 1.807) is 30.3 Å². The van der Waals surface area contributed by atoms with Gasteiger partial charge in [0.1, 0.15) is 12.8 Å². The Hall–Kier alpha value is -2.68. The molecule has 1 aromatic heterocycles. The van der Waals surface area contributed by atoms with Crippen molar-refractivity contribution in [1.29, 1.82) is 0 Å². The molecule has 7 nitrogen and oxygen atoms in total. The fourth-order valence-electron chi connectivity index (χ4n) is 2.31. The van der Waals surface area contributed by atoms with Crippen molar-refractivity contribution in [3.05, 3.63) is 78.9 Å². The minimum Gasteiger partial charge on any atom is -0.493 e. The van der Waals surface area contributed by atoms with Crippen LogP contribution in [0.25, 0.3) is 0 Å². The standard InChI is InChI=1S/C18H14Cl2N4O3S/c1-26-15-4-2-3-12(8-22-24-16(25)9-21-23-18(24)28)17(15)27-10-11-5-6-13(19)14(20)7-11/h2-9H,10H2,1H3,(H,23,28)/b22-8+. The number of halogens is 2. The zero-order valence-corrected chi connectivity index (χ0v) is 16.9. The molecule has 144 valence electrons. The topological polar surface area (TPSA) is 81.5 Å². The first-order valence-electron chi connectivity index (χ1n) is 7.94. The summed E-state index contributed by atoms with van der Waals surface area (Å²) in [6.07, 6.45) is 2.54. The Morgan fingerprint density at radius 1 is 1.29 bits per heavy atom. The predicted octanol–water partition coefficient (Wildman–Crippen LogP) is 4.08. The number of aromatic nitrogens is 3. The van der Waals surface area contributed by atoms with Gasteiger partial charge in [0.25, 0.3) is 5.56 Å². The van der Waals surface area contributed by atoms with Crippen LogP contribution in [0, 0.1) is 4.77 Å². The van der Waals surface area contributed by atoms with Crippen LogP contribution in [0.4, 0.5) is 0 Å². The summed E-state index contributed by atoms with van der Waals surface area (Å²) >= 11 is 17.0. The molecular formula is C18H14Cl2N4O3S. The second-order valence-corrected chi connectivity index (χ2v) is 6.69. The van der Waals surface area contributed by atoms with Gasteiger partial charge in [-0.05, 0) is 42.0 Å². The Morgan fingerprint density at radius 2 is 2.11 bits per heavy atom. The molecule has 0 aliphatic rings. The summed E-state index contributed by atoms with van der Waals surface area (Å²) in [6, 6.07) is 10.5. The van der Waals surface area contributed by atoms with Gasteiger partial charge in [-0.3, -0.25) is 9.89 Å².